The Balaban J connectivity index is 2.51. The fourth-order valence-electron chi connectivity index (χ4n) is 1.45. The smallest absolute Gasteiger partial charge is 0.340 e. The van der Waals surface area contributed by atoms with E-state index in [2.05, 4.69) is 23.5 Å². The third-order valence-corrected chi connectivity index (χ3v) is 3.22. The summed E-state index contributed by atoms with van der Waals surface area (Å²) in [6, 6.07) is 0. The van der Waals surface area contributed by atoms with Crippen LogP contribution in [0.15, 0.2) is 0 Å². The first-order chi connectivity index (χ1) is 7.52. The summed E-state index contributed by atoms with van der Waals surface area (Å²) < 4.78 is 4.05. The Labute approximate surface area is 99.9 Å². The van der Waals surface area contributed by atoms with Gasteiger partial charge < -0.3 is 10.4 Å². The molecule has 0 saturated carbocycles. The van der Waals surface area contributed by atoms with Crippen molar-refractivity contribution in [3.8, 4) is 0 Å². The second kappa shape index (κ2) is 5.84. The van der Waals surface area contributed by atoms with Crippen molar-refractivity contribution in [2.24, 2.45) is 5.92 Å². The molecule has 1 aromatic rings. The van der Waals surface area contributed by atoms with Crippen LogP contribution in [-0.4, -0.2) is 22.0 Å². The van der Waals surface area contributed by atoms with Crippen molar-refractivity contribution < 1.29 is 9.90 Å². The third kappa shape index (κ3) is 3.48. The highest BCUT2D eigenvalue weighted by molar-refractivity contribution is 7.10. The quantitative estimate of drug-likeness (QED) is 0.753. The summed E-state index contributed by atoms with van der Waals surface area (Å²) in [7, 11) is 0. The van der Waals surface area contributed by atoms with Crippen LogP contribution in [0.2, 0.25) is 0 Å². The fourth-order valence-corrected chi connectivity index (χ4v) is 2.27. The predicted octanol–water partition coefficient (Wildman–Crippen LogP) is 3.00. The zero-order valence-corrected chi connectivity index (χ0v) is 10.7. The fraction of sp³-hybridized carbons (Fsp3) is 0.636. The Kier molecular flexibility index (Phi) is 4.73. The van der Waals surface area contributed by atoms with Gasteiger partial charge in [0.15, 0.2) is 0 Å². The molecule has 16 heavy (non-hydrogen) atoms. The molecule has 1 aromatic heterocycles. The minimum absolute atomic E-state index is 0.314. The van der Waals surface area contributed by atoms with Gasteiger partial charge in [-0.3, -0.25) is 0 Å². The van der Waals surface area contributed by atoms with E-state index in [1.807, 2.05) is 0 Å². The normalized spacial score (nSPS) is 10.8. The lowest BCUT2D eigenvalue weighted by Gasteiger charge is -2.06. The third-order valence-electron chi connectivity index (χ3n) is 2.32. The van der Waals surface area contributed by atoms with Crippen molar-refractivity contribution in [1.29, 1.82) is 0 Å². The van der Waals surface area contributed by atoms with Gasteiger partial charge in [-0.2, -0.15) is 4.37 Å². The van der Waals surface area contributed by atoms with E-state index in [-0.39, 0.29) is 0 Å². The summed E-state index contributed by atoms with van der Waals surface area (Å²) in [6.07, 6.45) is 2.20. The van der Waals surface area contributed by atoms with Gasteiger partial charge in [0, 0.05) is 6.54 Å². The summed E-state index contributed by atoms with van der Waals surface area (Å²) in [5, 5.41) is 12.8. The molecule has 90 valence electrons. The molecule has 1 rings (SSSR count). The number of hydrogen-bond acceptors (Lipinski definition) is 4. The van der Waals surface area contributed by atoms with E-state index in [4.69, 9.17) is 5.11 Å². The van der Waals surface area contributed by atoms with E-state index >= 15 is 0 Å². The predicted molar refractivity (Wildman–Crippen MR) is 66.4 cm³/mol. The maximum Gasteiger partial charge on any atom is 0.340 e. The molecule has 0 fully saturated rings. The maximum absolute atomic E-state index is 11.0. The molecule has 5 heteroatoms. The highest BCUT2D eigenvalue weighted by Crippen LogP contribution is 2.24. The van der Waals surface area contributed by atoms with Gasteiger partial charge in [-0.1, -0.05) is 13.8 Å². The number of aromatic carboxylic acids is 1. The van der Waals surface area contributed by atoms with Crippen LogP contribution in [0.4, 0.5) is 5.00 Å². The summed E-state index contributed by atoms with van der Waals surface area (Å²) in [5.41, 5.74) is 0.901. The molecule has 4 nitrogen and oxygen atoms in total. The van der Waals surface area contributed by atoms with Gasteiger partial charge in [0.25, 0.3) is 0 Å². The van der Waals surface area contributed by atoms with Gasteiger partial charge >= 0.3 is 5.97 Å². The number of anilines is 1. The Hall–Kier alpha value is -1.10. The number of hydrogen-bond donors (Lipinski definition) is 2. The molecule has 0 aliphatic heterocycles. The summed E-state index contributed by atoms with van der Waals surface area (Å²) >= 11 is 1.22. The molecule has 0 aliphatic rings. The molecular weight excluding hydrogens is 224 g/mol. The lowest BCUT2D eigenvalue weighted by Crippen LogP contribution is -2.06. The summed E-state index contributed by atoms with van der Waals surface area (Å²) in [4.78, 5) is 11.0. The van der Waals surface area contributed by atoms with E-state index in [9.17, 15) is 4.79 Å². The topological polar surface area (TPSA) is 62.2 Å². The van der Waals surface area contributed by atoms with Crippen LogP contribution < -0.4 is 5.32 Å². The Bertz CT molecular complexity index is 361. The first-order valence-electron chi connectivity index (χ1n) is 5.45. The number of nitrogens with zero attached hydrogens (tertiary/aromatic N) is 1. The Morgan fingerprint density at radius 3 is 2.81 bits per heavy atom. The monoisotopic (exact) mass is 242 g/mol. The standard InChI is InChI=1S/C11H18N2O2S/c1-7(2)5-4-6-12-10-9(11(14)15)8(3)13-16-10/h7,12H,4-6H2,1-3H3,(H,14,15). The first-order valence-corrected chi connectivity index (χ1v) is 6.23. The Morgan fingerprint density at radius 2 is 2.25 bits per heavy atom. The van der Waals surface area contributed by atoms with E-state index in [1.165, 1.54) is 11.5 Å². The lowest BCUT2D eigenvalue weighted by atomic mass is 10.1. The number of aryl methyl sites for hydroxylation is 1. The summed E-state index contributed by atoms with van der Waals surface area (Å²) in [6.45, 7) is 6.89. The number of carbonyl (C=O) groups is 1. The number of carboxylic acids is 1. The molecule has 0 atom stereocenters. The maximum atomic E-state index is 11.0. The second-order valence-corrected chi connectivity index (χ2v) is 5.01. The molecule has 2 N–H and O–H groups in total. The SMILES string of the molecule is Cc1nsc(NCCCC(C)C)c1C(=O)O. The minimum atomic E-state index is -0.905. The number of aromatic nitrogens is 1. The lowest BCUT2D eigenvalue weighted by molar-refractivity contribution is 0.0697. The number of carboxylic acid groups (broad SMARTS) is 1. The average Bonchev–Trinajstić information content (AvgIpc) is 2.54. The number of rotatable bonds is 6. The van der Waals surface area contributed by atoms with Gasteiger partial charge in [-0.25, -0.2) is 4.79 Å². The number of nitrogens with one attached hydrogen (secondary N) is 1. The van der Waals surface area contributed by atoms with Crippen molar-refractivity contribution in [2.45, 2.75) is 33.6 Å². The van der Waals surface area contributed by atoms with Gasteiger partial charge in [0.1, 0.15) is 10.6 Å². The van der Waals surface area contributed by atoms with Crippen molar-refractivity contribution in [3.05, 3.63) is 11.3 Å². The van der Waals surface area contributed by atoms with Crippen LogP contribution in [0.5, 0.6) is 0 Å². The van der Waals surface area contributed by atoms with Crippen LogP contribution >= 0.6 is 11.5 Å². The van der Waals surface area contributed by atoms with Gasteiger partial charge in [-0.05, 0) is 37.2 Å². The van der Waals surface area contributed by atoms with Gasteiger partial charge in [0.2, 0.25) is 0 Å². The molecular formula is C11H18N2O2S. The van der Waals surface area contributed by atoms with Gasteiger partial charge in [-0.15, -0.1) is 0 Å². The van der Waals surface area contributed by atoms with Crippen molar-refractivity contribution >= 4 is 22.5 Å². The van der Waals surface area contributed by atoms with E-state index < -0.39 is 5.97 Å². The average molecular weight is 242 g/mol. The minimum Gasteiger partial charge on any atom is -0.478 e. The first kappa shape index (κ1) is 13.0. The molecule has 0 spiro atoms. The second-order valence-electron chi connectivity index (χ2n) is 4.24. The van der Waals surface area contributed by atoms with Crippen molar-refractivity contribution in [2.75, 3.05) is 11.9 Å². The molecule has 0 radical (unpaired) electrons. The Morgan fingerprint density at radius 1 is 1.56 bits per heavy atom. The van der Waals surface area contributed by atoms with Gasteiger partial charge in [0.05, 0.1) is 5.69 Å². The van der Waals surface area contributed by atoms with E-state index in [0.29, 0.717) is 22.2 Å². The van der Waals surface area contributed by atoms with Crippen molar-refractivity contribution in [3.63, 3.8) is 0 Å². The molecule has 0 amide bonds. The zero-order chi connectivity index (χ0) is 12.1. The zero-order valence-electron chi connectivity index (χ0n) is 9.91. The highest BCUT2D eigenvalue weighted by atomic mass is 32.1. The van der Waals surface area contributed by atoms with E-state index in [1.54, 1.807) is 6.92 Å². The molecule has 0 bridgehead atoms. The van der Waals surface area contributed by atoms with Crippen molar-refractivity contribution in [1.82, 2.24) is 4.37 Å². The molecule has 0 saturated heterocycles. The largest absolute Gasteiger partial charge is 0.478 e. The molecule has 0 aromatic carbocycles. The highest BCUT2D eigenvalue weighted by Gasteiger charge is 2.16. The molecule has 0 aliphatic carbocycles. The van der Waals surface area contributed by atoms with E-state index in [0.717, 1.165) is 19.4 Å². The molecule has 0 unspecified atom stereocenters. The van der Waals surface area contributed by atoms with Crippen LogP contribution in [0.3, 0.4) is 0 Å². The van der Waals surface area contributed by atoms with Crippen LogP contribution in [0.25, 0.3) is 0 Å². The van der Waals surface area contributed by atoms with Crippen LogP contribution in [0, 0.1) is 12.8 Å². The summed E-state index contributed by atoms with van der Waals surface area (Å²) in [5.74, 6) is -0.221. The van der Waals surface area contributed by atoms with Crippen LogP contribution in [-0.2, 0) is 0 Å². The molecule has 1 heterocycles. The van der Waals surface area contributed by atoms with Crippen LogP contribution in [0.1, 0.15) is 42.7 Å².